The first-order valence-corrected chi connectivity index (χ1v) is 11.5. The molecule has 3 atom stereocenters. The highest BCUT2D eigenvalue weighted by Gasteiger charge is 2.44. The van der Waals surface area contributed by atoms with Gasteiger partial charge in [0.2, 0.25) is 0 Å². The van der Waals surface area contributed by atoms with Crippen LogP contribution >= 0.6 is 0 Å². The molecule has 168 valence electrons. The number of benzene rings is 1. The lowest BCUT2D eigenvalue weighted by molar-refractivity contribution is -0.0713. The van der Waals surface area contributed by atoms with Gasteiger partial charge in [-0.2, -0.15) is 0 Å². The topological polar surface area (TPSA) is 69.1 Å². The summed E-state index contributed by atoms with van der Waals surface area (Å²) in [7, 11) is 1.63. The van der Waals surface area contributed by atoms with E-state index >= 15 is 0 Å². The smallest absolute Gasteiger partial charge is 0.141 e. The average Bonchev–Trinajstić information content (AvgIpc) is 3.20. The van der Waals surface area contributed by atoms with Crippen molar-refractivity contribution < 1.29 is 14.9 Å². The van der Waals surface area contributed by atoms with Crippen LogP contribution in [0.5, 0.6) is 0 Å². The molecule has 6 heteroatoms. The molecular formula is C26H31N3O3. The maximum atomic E-state index is 11.2. The van der Waals surface area contributed by atoms with E-state index in [-0.39, 0.29) is 12.0 Å². The first-order valence-electron chi connectivity index (χ1n) is 11.5. The lowest BCUT2D eigenvalue weighted by atomic mass is 9.75. The minimum atomic E-state index is -0.941. The van der Waals surface area contributed by atoms with E-state index in [1.165, 1.54) is 0 Å². The normalized spacial score (nSPS) is 31.4. The molecule has 2 aromatic rings. The quantitative estimate of drug-likeness (QED) is 0.715. The monoisotopic (exact) mass is 433 g/mol. The van der Waals surface area contributed by atoms with Crippen molar-refractivity contribution in [3.05, 3.63) is 59.3 Å². The van der Waals surface area contributed by atoms with Crippen molar-refractivity contribution >= 4 is 5.82 Å². The predicted octanol–water partition coefficient (Wildman–Crippen LogP) is 1.68. The van der Waals surface area contributed by atoms with Gasteiger partial charge < -0.3 is 19.8 Å². The molecule has 4 saturated heterocycles. The number of hydrogen-bond acceptors (Lipinski definition) is 6. The van der Waals surface area contributed by atoms with Gasteiger partial charge in [-0.25, -0.2) is 4.98 Å². The van der Waals surface area contributed by atoms with E-state index < -0.39 is 11.7 Å². The molecule has 5 heterocycles. The molecule has 4 aliphatic heterocycles. The van der Waals surface area contributed by atoms with Crippen LogP contribution in [-0.2, 0) is 11.2 Å². The van der Waals surface area contributed by atoms with Crippen LogP contribution in [0.25, 0.3) is 0 Å². The van der Waals surface area contributed by atoms with Crippen molar-refractivity contribution in [2.45, 2.75) is 37.1 Å². The summed E-state index contributed by atoms with van der Waals surface area (Å²) < 4.78 is 5.39. The fourth-order valence-electron chi connectivity index (χ4n) is 5.23. The van der Waals surface area contributed by atoms with Crippen LogP contribution in [0.4, 0.5) is 5.82 Å². The van der Waals surface area contributed by atoms with Crippen molar-refractivity contribution in [3.63, 3.8) is 0 Å². The second kappa shape index (κ2) is 8.84. The summed E-state index contributed by atoms with van der Waals surface area (Å²) >= 11 is 0. The van der Waals surface area contributed by atoms with Gasteiger partial charge in [0.15, 0.2) is 0 Å². The Bertz CT molecular complexity index is 1010. The van der Waals surface area contributed by atoms with Gasteiger partial charge in [0.1, 0.15) is 17.5 Å². The van der Waals surface area contributed by atoms with E-state index in [1.54, 1.807) is 7.11 Å². The SMILES string of the molecule is COC1CN(c2ccc(C#C[C@@]3(O)CN4CCC3CC4)c(Cc3ccccc3)n2)CC1O. The van der Waals surface area contributed by atoms with E-state index in [0.717, 1.165) is 48.6 Å². The van der Waals surface area contributed by atoms with Crippen LogP contribution in [0.1, 0.15) is 29.7 Å². The molecule has 0 saturated carbocycles. The second-order valence-corrected chi connectivity index (χ2v) is 9.30. The largest absolute Gasteiger partial charge is 0.388 e. The molecule has 2 unspecified atom stereocenters. The Hall–Kier alpha value is -2.43. The predicted molar refractivity (Wildman–Crippen MR) is 123 cm³/mol. The summed E-state index contributed by atoms with van der Waals surface area (Å²) in [6, 6.07) is 14.2. The third-order valence-electron chi connectivity index (χ3n) is 7.18. The fraction of sp³-hybridized carbons (Fsp3) is 0.500. The Morgan fingerprint density at radius 3 is 2.56 bits per heavy atom. The Labute approximate surface area is 189 Å². The molecule has 1 aromatic heterocycles. The van der Waals surface area contributed by atoms with Gasteiger partial charge in [-0.05, 0) is 43.6 Å². The zero-order chi connectivity index (χ0) is 22.1. The Morgan fingerprint density at radius 2 is 1.91 bits per heavy atom. The van der Waals surface area contributed by atoms with Gasteiger partial charge in [-0.1, -0.05) is 42.2 Å². The molecule has 0 radical (unpaired) electrons. The molecule has 1 aromatic carbocycles. The summed E-state index contributed by atoms with van der Waals surface area (Å²) in [4.78, 5) is 9.32. The maximum absolute atomic E-state index is 11.2. The van der Waals surface area contributed by atoms with Crippen LogP contribution in [0.3, 0.4) is 0 Å². The number of fused-ring (bicyclic) bond motifs is 3. The van der Waals surface area contributed by atoms with E-state index in [4.69, 9.17) is 9.72 Å². The van der Waals surface area contributed by atoms with Crippen molar-refractivity contribution in [2.24, 2.45) is 5.92 Å². The van der Waals surface area contributed by atoms with Crippen LogP contribution in [0, 0.1) is 17.8 Å². The molecule has 32 heavy (non-hydrogen) atoms. The first kappa shape index (κ1) is 21.4. The maximum Gasteiger partial charge on any atom is 0.141 e. The van der Waals surface area contributed by atoms with Crippen LogP contribution < -0.4 is 4.90 Å². The average molecular weight is 434 g/mol. The number of pyridine rings is 1. The first-order chi connectivity index (χ1) is 15.5. The van der Waals surface area contributed by atoms with Crippen molar-refractivity contribution in [1.82, 2.24) is 9.88 Å². The number of aliphatic hydroxyl groups excluding tert-OH is 1. The third kappa shape index (κ3) is 4.26. The molecule has 2 N–H and O–H groups in total. The van der Waals surface area contributed by atoms with Gasteiger partial charge in [0.05, 0.1) is 11.8 Å². The Morgan fingerprint density at radius 1 is 1.12 bits per heavy atom. The number of methoxy groups -OCH3 is 1. The molecule has 0 amide bonds. The summed E-state index contributed by atoms with van der Waals surface area (Å²) in [6.45, 7) is 3.87. The van der Waals surface area contributed by atoms with Gasteiger partial charge in [-0.3, -0.25) is 4.90 Å². The van der Waals surface area contributed by atoms with E-state index in [2.05, 4.69) is 33.8 Å². The highest BCUT2D eigenvalue weighted by atomic mass is 16.5. The van der Waals surface area contributed by atoms with Crippen molar-refractivity contribution in [3.8, 4) is 11.8 Å². The number of aliphatic hydroxyl groups is 2. The molecule has 6 rings (SSSR count). The third-order valence-corrected chi connectivity index (χ3v) is 7.18. The minimum Gasteiger partial charge on any atom is -0.388 e. The Balaban J connectivity index is 1.46. The second-order valence-electron chi connectivity index (χ2n) is 9.30. The lowest BCUT2D eigenvalue weighted by Gasteiger charge is -2.47. The molecule has 4 aliphatic rings. The van der Waals surface area contributed by atoms with Crippen molar-refractivity contribution in [2.75, 3.05) is 44.7 Å². The molecular weight excluding hydrogens is 402 g/mol. The summed E-state index contributed by atoms with van der Waals surface area (Å²) in [6.07, 6.45) is 1.95. The molecule has 4 fully saturated rings. The summed E-state index contributed by atoms with van der Waals surface area (Å²) in [5, 5.41) is 21.5. The summed E-state index contributed by atoms with van der Waals surface area (Å²) in [5.41, 5.74) is 1.97. The van der Waals surface area contributed by atoms with Crippen LogP contribution in [0.2, 0.25) is 0 Å². The number of ether oxygens (including phenoxy) is 1. The van der Waals surface area contributed by atoms with E-state index in [9.17, 15) is 10.2 Å². The molecule has 0 aliphatic carbocycles. The van der Waals surface area contributed by atoms with Gasteiger partial charge in [-0.15, -0.1) is 0 Å². The van der Waals surface area contributed by atoms with E-state index in [1.807, 2.05) is 30.3 Å². The van der Waals surface area contributed by atoms with Crippen LogP contribution in [0.15, 0.2) is 42.5 Å². The molecule has 6 nitrogen and oxygen atoms in total. The number of hydrogen-bond donors (Lipinski definition) is 2. The zero-order valence-corrected chi connectivity index (χ0v) is 18.6. The van der Waals surface area contributed by atoms with Gasteiger partial charge in [0.25, 0.3) is 0 Å². The number of piperidine rings is 3. The van der Waals surface area contributed by atoms with E-state index in [0.29, 0.717) is 26.1 Å². The van der Waals surface area contributed by atoms with Gasteiger partial charge >= 0.3 is 0 Å². The highest BCUT2D eigenvalue weighted by molar-refractivity contribution is 5.50. The fourth-order valence-corrected chi connectivity index (χ4v) is 5.23. The number of rotatable bonds is 4. The number of nitrogens with zero attached hydrogens (tertiary/aromatic N) is 3. The number of anilines is 1. The van der Waals surface area contributed by atoms with Gasteiger partial charge in [0, 0.05) is 44.6 Å². The summed E-state index contributed by atoms with van der Waals surface area (Å²) in [5.74, 6) is 7.60. The van der Waals surface area contributed by atoms with Crippen LogP contribution in [-0.4, -0.2) is 77.7 Å². The lowest BCUT2D eigenvalue weighted by Crippen LogP contribution is -2.58. The molecule has 0 spiro atoms. The minimum absolute atomic E-state index is 0.209. The molecule has 2 bridgehead atoms. The zero-order valence-electron chi connectivity index (χ0n) is 18.6. The highest BCUT2D eigenvalue weighted by Crippen LogP contribution is 2.35. The number of aromatic nitrogens is 1. The number of β-amino-alcohol motifs (C(OH)–C–C–N with tert-alkyl or cyclic N) is 1. The standard InChI is InChI=1S/C26H31N3O3/c1-32-24-17-29(16-23(24)30)25-8-7-20(22(27-25)15-19-5-3-2-4-6-19)9-12-26(31)18-28-13-10-21(26)11-14-28/h2-8,21,23-24,30-31H,10-11,13-18H2,1H3/t23?,24?,26-/m1/s1. The van der Waals surface area contributed by atoms with Crippen molar-refractivity contribution in [1.29, 1.82) is 0 Å². The Kier molecular flexibility index (Phi) is 5.92.